The smallest absolute Gasteiger partial charge is 0.0697 e. The molecule has 0 spiro atoms. The highest BCUT2D eigenvalue weighted by molar-refractivity contribution is 5.17. The standard InChI is InChI=1S/C11H19N3O2/c1-2-14-10-11(9-13-14)8-12-4-3-6-16-7-5-15/h2,9-10,12,15H,1,3-8H2. The molecule has 90 valence electrons. The van der Waals surface area contributed by atoms with Crippen molar-refractivity contribution in [3.63, 3.8) is 0 Å². The van der Waals surface area contributed by atoms with E-state index in [1.165, 1.54) is 0 Å². The molecule has 16 heavy (non-hydrogen) atoms. The Morgan fingerprint density at radius 3 is 3.12 bits per heavy atom. The normalized spacial score (nSPS) is 10.6. The summed E-state index contributed by atoms with van der Waals surface area (Å²) in [6, 6.07) is 0. The van der Waals surface area contributed by atoms with E-state index in [1.807, 2.05) is 12.4 Å². The van der Waals surface area contributed by atoms with Gasteiger partial charge in [-0.05, 0) is 13.0 Å². The summed E-state index contributed by atoms with van der Waals surface area (Å²) in [7, 11) is 0. The van der Waals surface area contributed by atoms with Crippen LogP contribution in [0.15, 0.2) is 19.0 Å². The average molecular weight is 225 g/mol. The Morgan fingerprint density at radius 2 is 2.44 bits per heavy atom. The first-order chi connectivity index (χ1) is 7.86. The predicted octanol–water partition coefficient (Wildman–Crippen LogP) is 0.472. The highest BCUT2D eigenvalue weighted by atomic mass is 16.5. The molecule has 0 saturated carbocycles. The zero-order valence-electron chi connectivity index (χ0n) is 9.43. The number of rotatable bonds is 9. The third-order valence-corrected chi connectivity index (χ3v) is 2.05. The molecule has 0 atom stereocenters. The van der Waals surface area contributed by atoms with Crippen LogP contribution in [0.25, 0.3) is 6.20 Å². The number of hydrogen-bond donors (Lipinski definition) is 2. The number of aromatic nitrogens is 2. The zero-order valence-corrected chi connectivity index (χ0v) is 9.43. The summed E-state index contributed by atoms with van der Waals surface area (Å²) < 4.78 is 6.82. The summed E-state index contributed by atoms with van der Waals surface area (Å²) in [4.78, 5) is 0. The fourth-order valence-electron chi connectivity index (χ4n) is 1.27. The highest BCUT2D eigenvalue weighted by Gasteiger charge is 1.95. The number of aliphatic hydroxyl groups excluding tert-OH is 1. The maximum atomic E-state index is 8.49. The number of ether oxygens (including phenoxy) is 1. The van der Waals surface area contributed by atoms with E-state index in [4.69, 9.17) is 9.84 Å². The molecule has 1 aromatic rings. The van der Waals surface area contributed by atoms with Crippen molar-refractivity contribution in [3.05, 3.63) is 24.5 Å². The van der Waals surface area contributed by atoms with Gasteiger partial charge in [0.1, 0.15) is 0 Å². The summed E-state index contributed by atoms with van der Waals surface area (Å²) in [6.07, 6.45) is 6.35. The molecule has 0 unspecified atom stereocenters. The van der Waals surface area contributed by atoms with E-state index < -0.39 is 0 Å². The summed E-state index contributed by atoms with van der Waals surface area (Å²) >= 11 is 0. The fraction of sp³-hybridized carbons (Fsp3) is 0.545. The third-order valence-electron chi connectivity index (χ3n) is 2.05. The SMILES string of the molecule is C=Cn1cc(CNCCCOCCO)cn1. The van der Waals surface area contributed by atoms with Gasteiger partial charge in [0, 0.05) is 31.1 Å². The molecule has 1 rings (SSSR count). The molecule has 0 aliphatic rings. The topological polar surface area (TPSA) is 59.3 Å². The Morgan fingerprint density at radius 1 is 1.56 bits per heavy atom. The van der Waals surface area contributed by atoms with Crippen LogP contribution < -0.4 is 5.32 Å². The molecule has 0 fully saturated rings. The Kier molecular flexibility index (Phi) is 6.48. The van der Waals surface area contributed by atoms with Crippen molar-refractivity contribution < 1.29 is 9.84 Å². The van der Waals surface area contributed by atoms with Crippen molar-refractivity contribution in [2.24, 2.45) is 0 Å². The first kappa shape index (κ1) is 12.9. The molecule has 0 bridgehead atoms. The van der Waals surface area contributed by atoms with Crippen molar-refractivity contribution >= 4 is 6.20 Å². The van der Waals surface area contributed by atoms with Gasteiger partial charge in [-0.3, -0.25) is 0 Å². The molecule has 0 aliphatic heterocycles. The van der Waals surface area contributed by atoms with Crippen LogP contribution in [-0.4, -0.2) is 41.3 Å². The maximum Gasteiger partial charge on any atom is 0.0697 e. The lowest BCUT2D eigenvalue weighted by Gasteiger charge is -2.03. The molecule has 0 aromatic carbocycles. The predicted molar refractivity (Wildman–Crippen MR) is 62.8 cm³/mol. The van der Waals surface area contributed by atoms with Crippen molar-refractivity contribution in [3.8, 4) is 0 Å². The van der Waals surface area contributed by atoms with Crippen LogP contribution in [0.4, 0.5) is 0 Å². The van der Waals surface area contributed by atoms with E-state index in [0.717, 1.165) is 25.1 Å². The minimum atomic E-state index is 0.0914. The van der Waals surface area contributed by atoms with Gasteiger partial charge in [-0.15, -0.1) is 0 Å². The first-order valence-corrected chi connectivity index (χ1v) is 5.41. The van der Waals surface area contributed by atoms with Gasteiger partial charge >= 0.3 is 0 Å². The van der Waals surface area contributed by atoms with E-state index in [2.05, 4.69) is 17.0 Å². The minimum absolute atomic E-state index is 0.0914. The first-order valence-electron chi connectivity index (χ1n) is 5.41. The van der Waals surface area contributed by atoms with Crippen molar-refractivity contribution in [1.29, 1.82) is 0 Å². The van der Waals surface area contributed by atoms with E-state index in [-0.39, 0.29) is 6.61 Å². The molecule has 5 nitrogen and oxygen atoms in total. The van der Waals surface area contributed by atoms with Crippen LogP contribution in [0.5, 0.6) is 0 Å². The van der Waals surface area contributed by atoms with Crippen molar-refractivity contribution in [2.45, 2.75) is 13.0 Å². The molecule has 0 aliphatic carbocycles. The van der Waals surface area contributed by atoms with E-state index in [9.17, 15) is 0 Å². The van der Waals surface area contributed by atoms with Gasteiger partial charge in [0.15, 0.2) is 0 Å². The summed E-state index contributed by atoms with van der Waals surface area (Å²) in [6.45, 7) is 6.51. The molecule has 1 heterocycles. The van der Waals surface area contributed by atoms with E-state index in [0.29, 0.717) is 13.2 Å². The summed E-state index contributed by atoms with van der Waals surface area (Å²) in [5.74, 6) is 0. The molecule has 2 N–H and O–H groups in total. The summed E-state index contributed by atoms with van der Waals surface area (Å²) in [5, 5.41) is 15.9. The van der Waals surface area contributed by atoms with Gasteiger partial charge < -0.3 is 15.2 Å². The monoisotopic (exact) mass is 225 g/mol. The largest absolute Gasteiger partial charge is 0.394 e. The lowest BCUT2D eigenvalue weighted by atomic mass is 10.3. The van der Waals surface area contributed by atoms with Gasteiger partial charge in [-0.2, -0.15) is 5.10 Å². The van der Waals surface area contributed by atoms with E-state index >= 15 is 0 Å². The number of hydrogen-bond acceptors (Lipinski definition) is 4. The van der Waals surface area contributed by atoms with E-state index in [1.54, 1.807) is 10.9 Å². The molecule has 1 aromatic heterocycles. The third kappa shape index (κ3) is 5.06. The van der Waals surface area contributed by atoms with Crippen molar-refractivity contribution in [1.82, 2.24) is 15.1 Å². The zero-order chi connectivity index (χ0) is 11.6. The van der Waals surface area contributed by atoms with Crippen LogP contribution >= 0.6 is 0 Å². The molecule has 0 radical (unpaired) electrons. The quantitative estimate of drug-likeness (QED) is 0.600. The van der Waals surface area contributed by atoms with Crippen LogP contribution in [-0.2, 0) is 11.3 Å². The lowest BCUT2D eigenvalue weighted by Crippen LogP contribution is -2.16. The Bertz CT molecular complexity index is 299. The molecule has 5 heteroatoms. The Balaban J connectivity index is 2.00. The van der Waals surface area contributed by atoms with Crippen LogP contribution in [0.1, 0.15) is 12.0 Å². The highest BCUT2D eigenvalue weighted by Crippen LogP contribution is 1.96. The number of nitrogens with one attached hydrogen (secondary N) is 1. The van der Waals surface area contributed by atoms with Gasteiger partial charge in [-0.25, -0.2) is 4.68 Å². The molecular weight excluding hydrogens is 206 g/mol. The van der Waals surface area contributed by atoms with Crippen LogP contribution in [0, 0.1) is 0 Å². The van der Waals surface area contributed by atoms with Crippen molar-refractivity contribution in [2.75, 3.05) is 26.4 Å². The molecular formula is C11H19N3O2. The lowest BCUT2D eigenvalue weighted by molar-refractivity contribution is 0.0907. The second-order valence-electron chi connectivity index (χ2n) is 3.38. The Hall–Kier alpha value is -1.17. The van der Waals surface area contributed by atoms with Gasteiger partial charge in [0.2, 0.25) is 0 Å². The minimum Gasteiger partial charge on any atom is -0.394 e. The van der Waals surface area contributed by atoms with Gasteiger partial charge in [0.25, 0.3) is 0 Å². The fourth-order valence-corrected chi connectivity index (χ4v) is 1.27. The summed E-state index contributed by atoms with van der Waals surface area (Å²) in [5.41, 5.74) is 1.14. The number of aliphatic hydroxyl groups is 1. The maximum absolute atomic E-state index is 8.49. The Labute approximate surface area is 95.7 Å². The second-order valence-corrected chi connectivity index (χ2v) is 3.38. The molecule has 0 saturated heterocycles. The van der Waals surface area contributed by atoms with Gasteiger partial charge in [0.05, 0.1) is 19.4 Å². The second kappa shape index (κ2) is 8.04. The average Bonchev–Trinajstić information content (AvgIpc) is 2.76. The van der Waals surface area contributed by atoms with Gasteiger partial charge in [-0.1, -0.05) is 6.58 Å². The molecule has 0 amide bonds. The van der Waals surface area contributed by atoms with Crippen LogP contribution in [0.2, 0.25) is 0 Å². The van der Waals surface area contributed by atoms with Crippen LogP contribution in [0.3, 0.4) is 0 Å². The number of nitrogens with zero attached hydrogens (tertiary/aromatic N) is 2.